The minimum absolute atomic E-state index is 0.0107. The largest absolute Gasteiger partial charge is 0.346 e. The van der Waals surface area contributed by atoms with Gasteiger partial charge in [-0.15, -0.1) is 0 Å². The number of para-hydroxylation sites is 1. The van der Waals surface area contributed by atoms with Gasteiger partial charge in [0.25, 0.3) is 5.91 Å². The fourth-order valence-electron chi connectivity index (χ4n) is 3.14. The smallest absolute Gasteiger partial charge is 0.255 e. The number of hydrogen-bond acceptors (Lipinski definition) is 4. The van der Waals surface area contributed by atoms with Crippen molar-refractivity contribution in [3.8, 4) is 0 Å². The van der Waals surface area contributed by atoms with Gasteiger partial charge in [-0.2, -0.15) is 11.3 Å². The van der Waals surface area contributed by atoms with E-state index in [1.54, 1.807) is 11.3 Å². The first-order chi connectivity index (χ1) is 9.75. The number of nitrogens with zero attached hydrogens (tertiary/aromatic N) is 1. The van der Waals surface area contributed by atoms with Crippen LogP contribution in [0.25, 0.3) is 0 Å². The number of nitrogens with one attached hydrogen (secondary N) is 1. The van der Waals surface area contributed by atoms with Gasteiger partial charge in [0.1, 0.15) is 6.17 Å². The molecule has 0 saturated heterocycles. The van der Waals surface area contributed by atoms with Crippen LogP contribution in [0.4, 0.5) is 5.69 Å². The van der Waals surface area contributed by atoms with Gasteiger partial charge in [-0.3, -0.25) is 4.79 Å². The number of amides is 1. The van der Waals surface area contributed by atoms with E-state index in [1.165, 1.54) is 0 Å². The lowest BCUT2D eigenvalue weighted by Gasteiger charge is -2.44. The molecule has 102 valence electrons. The van der Waals surface area contributed by atoms with Gasteiger partial charge in [0, 0.05) is 18.2 Å². The molecule has 2 aliphatic heterocycles. The van der Waals surface area contributed by atoms with Crippen LogP contribution in [-0.2, 0) is 0 Å². The number of benzene rings is 1. The van der Waals surface area contributed by atoms with Crippen LogP contribution in [0.15, 0.2) is 35.0 Å². The van der Waals surface area contributed by atoms with Gasteiger partial charge in [0.15, 0.2) is 0 Å². The molecule has 0 fully saturated rings. The van der Waals surface area contributed by atoms with Crippen LogP contribution in [0.1, 0.15) is 40.1 Å². The third-order valence-corrected chi connectivity index (χ3v) is 4.82. The van der Waals surface area contributed by atoms with Gasteiger partial charge in [-0.05, 0) is 34.9 Å². The molecule has 4 rings (SSSR count). The zero-order chi connectivity index (χ0) is 13.7. The Morgan fingerprint density at radius 1 is 1.35 bits per heavy atom. The summed E-state index contributed by atoms with van der Waals surface area (Å²) in [6.45, 7) is 0.867. The standard InChI is InChI=1S/C15H15N3OS/c16-12-4-6-18-13-10(12)2-1-3-11(13)15(19)17-14(18)9-5-7-20-8-9/h1-3,5,7-8,12,14H,4,6,16H2,(H,17,19)/t12-,14+/m0/s1. The average molecular weight is 285 g/mol. The Labute approximate surface area is 121 Å². The van der Waals surface area contributed by atoms with Crippen molar-refractivity contribution in [2.75, 3.05) is 11.4 Å². The summed E-state index contributed by atoms with van der Waals surface area (Å²) in [4.78, 5) is 14.6. The molecule has 1 aromatic carbocycles. The van der Waals surface area contributed by atoms with Gasteiger partial charge in [-0.1, -0.05) is 12.1 Å². The number of anilines is 1. The van der Waals surface area contributed by atoms with Crippen molar-refractivity contribution in [2.45, 2.75) is 18.6 Å². The van der Waals surface area contributed by atoms with E-state index in [0.717, 1.165) is 35.3 Å². The van der Waals surface area contributed by atoms with Gasteiger partial charge in [-0.25, -0.2) is 0 Å². The maximum atomic E-state index is 12.4. The summed E-state index contributed by atoms with van der Waals surface area (Å²) >= 11 is 1.65. The Bertz CT molecular complexity index is 668. The summed E-state index contributed by atoms with van der Waals surface area (Å²) < 4.78 is 0. The van der Waals surface area contributed by atoms with E-state index in [-0.39, 0.29) is 18.1 Å². The molecule has 2 aromatic rings. The maximum absolute atomic E-state index is 12.4. The number of carbonyl (C=O) groups excluding carboxylic acids is 1. The minimum Gasteiger partial charge on any atom is -0.346 e. The van der Waals surface area contributed by atoms with Gasteiger partial charge < -0.3 is 16.0 Å². The first-order valence-electron chi connectivity index (χ1n) is 6.74. The minimum atomic E-state index is -0.0742. The molecule has 5 heteroatoms. The van der Waals surface area contributed by atoms with E-state index < -0.39 is 0 Å². The Morgan fingerprint density at radius 2 is 2.25 bits per heavy atom. The number of carbonyl (C=O) groups is 1. The van der Waals surface area contributed by atoms with Crippen LogP contribution in [0.2, 0.25) is 0 Å². The fraction of sp³-hybridized carbons (Fsp3) is 0.267. The highest BCUT2D eigenvalue weighted by Gasteiger charge is 2.37. The molecule has 2 atom stereocenters. The SMILES string of the molecule is N[C@H]1CCN2c3c(cccc31)C(=O)N[C@H]2c1ccsc1. The van der Waals surface area contributed by atoms with Crippen LogP contribution in [-0.4, -0.2) is 12.5 Å². The number of nitrogens with two attached hydrogens (primary N) is 1. The number of rotatable bonds is 1. The topological polar surface area (TPSA) is 58.4 Å². The van der Waals surface area contributed by atoms with Crippen LogP contribution in [0.3, 0.4) is 0 Å². The molecular weight excluding hydrogens is 270 g/mol. The highest BCUT2D eigenvalue weighted by Crippen LogP contribution is 2.42. The van der Waals surface area contributed by atoms with Gasteiger partial charge >= 0.3 is 0 Å². The maximum Gasteiger partial charge on any atom is 0.255 e. The zero-order valence-electron chi connectivity index (χ0n) is 10.9. The van der Waals surface area contributed by atoms with Gasteiger partial charge in [0.2, 0.25) is 0 Å². The van der Waals surface area contributed by atoms with Crippen LogP contribution in [0.5, 0.6) is 0 Å². The summed E-state index contributed by atoms with van der Waals surface area (Å²) in [5, 5.41) is 7.24. The Morgan fingerprint density at radius 3 is 3.05 bits per heavy atom. The summed E-state index contributed by atoms with van der Waals surface area (Å²) in [5.74, 6) is -0.0107. The number of thiophene rings is 1. The molecule has 0 saturated carbocycles. The first-order valence-corrected chi connectivity index (χ1v) is 7.68. The lowest BCUT2D eigenvalue weighted by Crippen LogP contribution is -2.49. The van der Waals surface area contributed by atoms with Crippen molar-refractivity contribution < 1.29 is 4.79 Å². The third kappa shape index (κ3) is 1.60. The molecule has 20 heavy (non-hydrogen) atoms. The summed E-state index contributed by atoms with van der Waals surface area (Å²) in [5.41, 5.74) is 10.2. The Balaban J connectivity index is 1.90. The molecule has 3 heterocycles. The highest BCUT2D eigenvalue weighted by molar-refractivity contribution is 7.08. The van der Waals surface area contributed by atoms with E-state index in [2.05, 4.69) is 21.7 Å². The van der Waals surface area contributed by atoms with Gasteiger partial charge in [0.05, 0.1) is 11.3 Å². The normalized spacial score (nSPS) is 24.2. The molecule has 3 N–H and O–H groups in total. The van der Waals surface area contributed by atoms with Crippen molar-refractivity contribution >= 4 is 22.9 Å². The number of hydrogen-bond donors (Lipinski definition) is 2. The lowest BCUT2D eigenvalue weighted by atomic mass is 9.91. The Hall–Kier alpha value is -1.85. The molecule has 0 aliphatic carbocycles. The van der Waals surface area contributed by atoms with Crippen molar-refractivity contribution in [2.24, 2.45) is 5.73 Å². The van der Waals surface area contributed by atoms with Crippen molar-refractivity contribution in [3.05, 3.63) is 51.7 Å². The van der Waals surface area contributed by atoms with Crippen molar-refractivity contribution in [1.29, 1.82) is 0 Å². The fourth-order valence-corrected chi connectivity index (χ4v) is 3.82. The second kappa shape index (κ2) is 4.33. The summed E-state index contributed by atoms with van der Waals surface area (Å²) in [6, 6.07) is 7.93. The average Bonchev–Trinajstić information content (AvgIpc) is 2.99. The predicted molar refractivity (Wildman–Crippen MR) is 79.9 cm³/mol. The van der Waals surface area contributed by atoms with Crippen molar-refractivity contribution in [1.82, 2.24) is 5.32 Å². The van der Waals surface area contributed by atoms with E-state index in [1.807, 2.05) is 23.6 Å². The highest BCUT2D eigenvalue weighted by atomic mass is 32.1. The molecule has 0 unspecified atom stereocenters. The molecule has 2 aliphatic rings. The Kier molecular flexibility index (Phi) is 2.58. The quantitative estimate of drug-likeness (QED) is 0.846. The second-order valence-corrected chi connectivity index (χ2v) is 6.04. The van der Waals surface area contributed by atoms with Crippen molar-refractivity contribution in [3.63, 3.8) is 0 Å². The van der Waals surface area contributed by atoms with E-state index in [0.29, 0.717) is 0 Å². The summed E-state index contributed by atoms with van der Waals surface area (Å²) in [6.07, 6.45) is 0.836. The molecule has 0 bridgehead atoms. The first kappa shape index (κ1) is 11.9. The zero-order valence-corrected chi connectivity index (χ0v) is 11.7. The molecule has 4 nitrogen and oxygen atoms in total. The molecule has 1 amide bonds. The monoisotopic (exact) mass is 285 g/mol. The lowest BCUT2D eigenvalue weighted by molar-refractivity contribution is 0.0925. The molecule has 0 radical (unpaired) electrons. The predicted octanol–water partition coefficient (Wildman–Crippen LogP) is 2.40. The van der Waals surface area contributed by atoms with E-state index in [4.69, 9.17) is 5.73 Å². The van der Waals surface area contributed by atoms with Crippen LogP contribution in [0, 0.1) is 0 Å². The second-order valence-electron chi connectivity index (χ2n) is 5.26. The van der Waals surface area contributed by atoms with Crippen LogP contribution < -0.4 is 16.0 Å². The molecular formula is C15H15N3OS. The summed E-state index contributed by atoms with van der Waals surface area (Å²) in [7, 11) is 0. The van der Waals surface area contributed by atoms with Crippen LogP contribution >= 0.6 is 11.3 Å². The van der Waals surface area contributed by atoms with E-state index >= 15 is 0 Å². The van der Waals surface area contributed by atoms with E-state index in [9.17, 15) is 4.79 Å². The molecule has 0 spiro atoms. The third-order valence-electron chi connectivity index (χ3n) is 4.12. The molecule has 1 aromatic heterocycles.